The van der Waals surface area contributed by atoms with Crippen molar-refractivity contribution in [3.63, 3.8) is 0 Å². The molecule has 7 N–H and O–H groups in total. The van der Waals surface area contributed by atoms with Gasteiger partial charge in [-0.1, -0.05) is 48.5 Å². The number of para-hydroxylation sites is 1. The minimum absolute atomic E-state index is 0. The average Bonchev–Trinajstić information content (AvgIpc) is 2.55. The van der Waals surface area contributed by atoms with Crippen LogP contribution in [0.1, 0.15) is 0 Å². The number of benzene rings is 2. The van der Waals surface area contributed by atoms with Gasteiger partial charge in [-0.05, 0) is 26.2 Å². The van der Waals surface area contributed by atoms with Crippen molar-refractivity contribution >= 4 is 16.6 Å². The molecule has 6 heteroatoms. The fraction of sp³-hybridized carbons (Fsp3) is 0.211. The van der Waals surface area contributed by atoms with Crippen LogP contribution in [0.15, 0.2) is 60.7 Å². The van der Waals surface area contributed by atoms with E-state index in [1.165, 1.54) is 5.39 Å². The SMILES string of the molecule is CN(C)CCNc1cc(-c2ccccc2)nc2ccccc12.O.O.O. The maximum atomic E-state index is 4.80. The third kappa shape index (κ3) is 5.51. The zero-order chi connectivity index (χ0) is 15.4. The van der Waals surface area contributed by atoms with Crippen LogP contribution in [0.5, 0.6) is 0 Å². The van der Waals surface area contributed by atoms with Crippen molar-refractivity contribution in [3.05, 3.63) is 60.7 Å². The second-order valence-electron chi connectivity index (χ2n) is 5.67. The van der Waals surface area contributed by atoms with Crippen molar-refractivity contribution in [3.8, 4) is 11.3 Å². The molecule has 2 aromatic carbocycles. The third-order valence-electron chi connectivity index (χ3n) is 3.66. The van der Waals surface area contributed by atoms with Gasteiger partial charge in [0.25, 0.3) is 0 Å². The molecule has 0 saturated carbocycles. The van der Waals surface area contributed by atoms with Gasteiger partial charge in [0.1, 0.15) is 0 Å². The summed E-state index contributed by atoms with van der Waals surface area (Å²) in [4.78, 5) is 6.97. The van der Waals surface area contributed by atoms with Gasteiger partial charge >= 0.3 is 0 Å². The van der Waals surface area contributed by atoms with Gasteiger partial charge in [0, 0.05) is 29.7 Å². The monoisotopic (exact) mass is 345 g/mol. The van der Waals surface area contributed by atoms with Crippen LogP contribution in [-0.2, 0) is 0 Å². The summed E-state index contributed by atoms with van der Waals surface area (Å²) in [5.41, 5.74) is 4.32. The topological polar surface area (TPSA) is 123 Å². The number of fused-ring (bicyclic) bond motifs is 1. The number of likely N-dealkylation sites (N-methyl/N-ethyl adjacent to an activating group) is 1. The van der Waals surface area contributed by atoms with E-state index < -0.39 is 0 Å². The Balaban J connectivity index is 0.00000192. The Morgan fingerprint density at radius 1 is 0.880 bits per heavy atom. The van der Waals surface area contributed by atoms with E-state index in [0.29, 0.717) is 0 Å². The number of nitrogens with one attached hydrogen (secondary N) is 1. The summed E-state index contributed by atoms with van der Waals surface area (Å²) in [6, 6.07) is 20.7. The van der Waals surface area contributed by atoms with Gasteiger partial charge in [-0.2, -0.15) is 0 Å². The summed E-state index contributed by atoms with van der Waals surface area (Å²) in [5, 5.41) is 4.72. The molecule has 136 valence electrons. The van der Waals surface area contributed by atoms with E-state index in [2.05, 4.69) is 60.7 Å². The van der Waals surface area contributed by atoms with Gasteiger partial charge < -0.3 is 26.6 Å². The van der Waals surface area contributed by atoms with Crippen LogP contribution in [0, 0.1) is 0 Å². The Kier molecular flexibility index (Phi) is 9.33. The first-order valence-electron chi connectivity index (χ1n) is 7.58. The Morgan fingerprint density at radius 3 is 2.20 bits per heavy atom. The lowest BCUT2D eigenvalue weighted by atomic mass is 10.1. The maximum absolute atomic E-state index is 4.80. The predicted molar refractivity (Wildman–Crippen MR) is 105 cm³/mol. The van der Waals surface area contributed by atoms with E-state index in [4.69, 9.17) is 4.98 Å². The maximum Gasteiger partial charge on any atom is 0.0730 e. The Hall–Kier alpha value is -2.51. The van der Waals surface area contributed by atoms with E-state index in [-0.39, 0.29) is 16.4 Å². The average molecular weight is 345 g/mol. The van der Waals surface area contributed by atoms with Gasteiger partial charge in [0.15, 0.2) is 0 Å². The van der Waals surface area contributed by atoms with Crippen LogP contribution >= 0.6 is 0 Å². The molecule has 3 aromatic rings. The molecule has 6 nitrogen and oxygen atoms in total. The Bertz CT molecular complexity index is 764. The smallest absolute Gasteiger partial charge is 0.0730 e. The lowest BCUT2D eigenvalue weighted by Gasteiger charge is -2.14. The molecule has 1 aromatic heterocycles. The van der Waals surface area contributed by atoms with Crippen molar-refractivity contribution in [2.24, 2.45) is 0 Å². The van der Waals surface area contributed by atoms with Crippen molar-refractivity contribution < 1.29 is 16.4 Å². The number of nitrogens with zero attached hydrogens (tertiary/aromatic N) is 2. The second-order valence-corrected chi connectivity index (χ2v) is 5.67. The van der Waals surface area contributed by atoms with Gasteiger partial charge in [-0.25, -0.2) is 4.98 Å². The minimum Gasteiger partial charge on any atom is -0.412 e. The van der Waals surface area contributed by atoms with Crippen molar-refractivity contribution in [2.45, 2.75) is 0 Å². The summed E-state index contributed by atoms with van der Waals surface area (Å²) in [6.45, 7) is 1.91. The normalized spacial score (nSPS) is 9.72. The fourth-order valence-corrected chi connectivity index (χ4v) is 2.49. The Labute approximate surface area is 148 Å². The molecule has 0 aliphatic heterocycles. The highest BCUT2D eigenvalue weighted by molar-refractivity contribution is 5.93. The third-order valence-corrected chi connectivity index (χ3v) is 3.66. The molecule has 0 saturated heterocycles. The number of rotatable bonds is 5. The summed E-state index contributed by atoms with van der Waals surface area (Å²) >= 11 is 0. The molecule has 0 aliphatic rings. The zero-order valence-electron chi connectivity index (χ0n) is 14.6. The predicted octanol–water partition coefficient (Wildman–Crippen LogP) is 1.40. The standard InChI is InChI=1S/C19H21N3.3H2O/c1-22(2)13-12-20-19-14-18(15-8-4-3-5-9-15)21-17-11-7-6-10-16(17)19;;;/h3-11,14H,12-13H2,1-2H3,(H,20,21);3*1H2. The summed E-state index contributed by atoms with van der Waals surface area (Å²) in [5.74, 6) is 0. The molecule has 0 amide bonds. The molecule has 3 rings (SSSR count). The van der Waals surface area contributed by atoms with Crippen LogP contribution in [0.2, 0.25) is 0 Å². The van der Waals surface area contributed by atoms with E-state index in [0.717, 1.165) is 35.6 Å². The highest BCUT2D eigenvalue weighted by Gasteiger charge is 2.07. The highest BCUT2D eigenvalue weighted by atomic mass is 16.0. The van der Waals surface area contributed by atoms with Crippen LogP contribution in [0.25, 0.3) is 22.2 Å². The first-order valence-corrected chi connectivity index (χ1v) is 7.58. The highest BCUT2D eigenvalue weighted by Crippen LogP contribution is 2.28. The quantitative estimate of drug-likeness (QED) is 0.751. The van der Waals surface area contributed by atoms with Gasteiger partial charge in [-0.15, -0.1) is 0 Å². The lowest BCUT2D eigenvalue weighted by molar-refractivity contribution is 0.425. The largest absolute Gasteiger partial charge is 0.412 e. The number of anilines is 1. The van der Waals surface area contributed by atoms with Crippen molar-refractivity contribution in [2.75, 3.05) is 32.5 Å². The summed E-state index contributed by atoms with van der Waals surface area (Å²) < 4.78 is 0. The van der Waals surface area contributed by atoms with Crippen molar-refractivity contribution in [1.29, 1.82) is 0 Å². The molecule has 0 spiro atoms. The molecule has 0 atom stereocenters. The van der Waals surface area contributed by atoms with Crippen LogP contribution in [0.4, 0.5) is 5.69 Å². The molecule has 25 heavy (non-hydrogen) atoms. The molecule has 0 aliphatic carbocycles. The van der Waals surface area contributed by atoms with Gasteiger partial charge in [0.05, 0.1) is 11.2 Å². The minimum atomic E-state index is 0. The van der Waals surface area contributed by atoms with Crippen LogP contribution in [-0.4, -0.2) is 53.5 Å². The van der Waals surface area contributed by atoms with Gasteiger partial charge in [-0.3, -0.25) is 0 Å². The molecule has 1 heterocycles. The summed E-state index contributed by atoms with van der Waals surface area (Å²) in [6.07, 6.45) is 0. The first kappa shape index (κ1) is 22.5. The van der Waals surface area contributed by atoms with Crippen molar-refractivity contribution in [1.82, 2.24) is 9.88 Å². The van der Waals surface area contributed by atoms with E-state index >= 15 is 0 Å². The van der Waals surface area contributed by atoms with Gasteiger partial charge in [0.2, 0.25) is 0 Å². The van der Waals surface area contributed by atoms with Crippen LogP contribution in [0.3, 0.4) is 0 Å². The fourth-order valence-electron chi connectivity index (χ4n) is 2.49. The zero-order valence-corrected chi connectivity index (χ0v) is 14.6. The summed E-state index contributed by atoms with van der Waals surface area (Å²) in [7, 11) is 4.17. The second kappa shape index (κ2) is 10.4. The van der Waals surface area contributed by atoms with E-state index in [1.807, 2.05) is 24.3 Å². The molecule has 0 unspecified atom stereocenters. The number of hydrogen-bond acceptors (Lipinski definition) is 3. The molecule has 0 radical (unpaired) electrons. The number of pyridine rings is 1. The lowest BCUT2D eigenvalue weighted by Crippen LogP contribution is -2.20. The number of hydrogen-bond donors (Lipinski definition) is 1. The molecule has 0 bridgehead atoms. The van der Waals surface area contributed by atoms with E-state index in [9.17, 15) is 0 Å². The molecule has 0 fully saturated rings. The molecular formula is C19H27N3O3. The van der Waals surface area contributed by atoms with E-state index in [1.54, 1.807) is 0 Å². The van der Waals surface area contributed by atoms with Crippen LogP contribution < -0.4 is 5.32 Å². The first-order chi connectivity index (χ1) is 10.7. The number of aromatic nitrogens is 1. The Morgan fingerprint density at radius 2 is 1.52 bits per heavy atom. The molecular weight excluding hydrogens is 318 g/mol.